The van der Waals surface area contributed by atoms with Gasteiger partial charge in [0.2, 0.25) is 10.0 Å². The summed E-state index contributed by atoms with van der Waals surface area (Å²) in [5.74, 6) is -0.219. The molecule has 1 aliphatic rings. The number of likely N-dealkylation sites (N-methyl/N-ethyl adjacent to an activating group) is 1. The number of thiazole rings is 1. The third kappa shape index (κ3) is 5.38. The summed E-state index contributed by atoms with van der Waals surface area (Å²) in [5.41, 5.74) is 1.20. The van der Waals surface area contributed by atoms with Gasteiger partial charge in [-0.3, -0.25) is 9.69 Å². The Hall–Kier alpha value is -2.04. The lowest BCUT2D eigenvalue weighted by molar-refractivity contribution is 0.0985. The van der Waals surface area contributed by atoms with E-state index in [9.17, 15) is 13.2 Å². The second kappa shape index (κ2) is 10.1. The first kappa shape index (κ1) is 24.1. The summed E-state index contributed by atoms with van der Waals surface area (Å²) >= 11 is 7.52. The molecule has 0 radical (unpaired) electrons. The summed E-state index contributed by atoms with van der Waals surface area (Å²) in [4.78, 5) is 22.0. The Bertz CT molecular complexity index is 1240. The van der Waals surface area contributed by atoms with Crippen molar-refractivity contribution < 1.29 is 13.2 Å². The molecule has 2 heterocycles. The first-order chi connectivity index (χ1) is 15.8. The Labute approximate surface area is 203 Å². The molecule has 1 aliphatic heterocycles. The van der Waals surface area contributed by atoms with Gasteiger partial charge in [0, 0.05) is 36.8 Å². The van der Waals surface area contributed by atoms with Crippen molar-refractivity contribution in [3.63, 3.8) is 0 Å². The zero-order valence-electron chi connectivity index (χ0n) is 18.7. The van der Waals surface area contributed by atoms with Crippen molar-refractivity contribution in [1.29, 1.82) is 0 Å². The number of carbonyl (C=O) groups excluding carboxylic acids is 1. The first-order valence-corrected chi connectivity index (χ1v) is 13.5. The fourth-order valence-electron chi connectivity index (χ4n) is 3.77. The molecule has 1 fully saturated rings. The standard InChI is InChI=1S/C23H27ClN4O3S2/c1-26(2)14-15-28(23-25-20-11-8-18(24)16-21(20)32-23)22(29)17-6-9-19(10-7-17)33(30,31)27-12-4-3-5-13-27/h6-11,16H,3-5,12-15H2,1-2H3. The highest BCUT2D eigenvalue weighted by molar-refractivity contribution is 7.89. The quantitative estimate of drug-likeness (QED) is 0.476. The number of benzene rings is 2. The summed E-state index contributed by atoms with van der Waals surface area (Å²) in [7, 11) is 0.350. The van der Waals surface area contributed by atoms with Crippen LogP contribution in [-0.4, -0.2) is 68.8 Å². The van der Waals surface area contributed by atoms with Crippen LogP contribution in [0.2, 0.25) is 5.02 Å². The van der Waals surface area contributed by atoms with Crippen LogP contribution in [0.5, 0.6) is 0 Å². The lowest BCUT2D eigenvalue weighted by atomic mass is 10.2. The molecule has 4 rings (SSSR count). The molecule has 0 aliphatic carbocycles. The van der Waals surface area contributed by atoms with E-state index < -0.39 is 10.0 Å². The normalized spacial score (nSPS) is 15.3. The Kier molecular flexibility index (Phi) is 7.35. The van der Waals surface area contributed by atoms with Crippen LogP contribution in [0.25, 0.3) is 10.2 Å². The van der Waals surface area contributed by atoms with Gasteiger partial charge in [-0.1, -0.05) is 29.4 Å². The number of anilines is 1. The number of halogens is 1. The van der Waals surface area contributed by atoms with Crippen LogP contribution in [0.15, 0.2) is 47.4 Å². The van der Waals surface area contributed by atoms with E-state index in [1.54, 1.807) is 23.1 Å². The number of nitrogens with zero attached hydrogens (tertiary/aromatic N) is 4. The van der Waals surface area contributed by atoms with Crippen LogP contribution in [0.3, 0.4) is 0 Å². The molecule has 1 amide bonds. The topological polar surface area (TPSA) is 73.8 Å². The molecule has 0 saturated carbocycles. The number of aromatic nitrogens is 1. The summed E-state index contributed by atoms with van der Waals surface area (Å²) in [6.07, 6.45) is 2.81. The van der Waals surface area contributed by atoms with Gasteiger partial charge in [0.1, 0.15) is 0 Å². The maximum atomic E-state index is 13.5. The predicted molar refractivity (Wildman–Crippen MR) is 134 cm³/mol. The minimum Gasteiger partial charge on any atom is -0.308 e. The minimum atomic E-state index is -3.54. The molecule has 2 aromatic carbocycles. The van der Waals surface area contributed by atoms with Gasteiger partial charge >= 0.3 is 0 Å². The van der Waals surface area contributed by atoms with Gasteiger partial charge in [0.25, 0.3) is 5.91 Å². The van der Waals surface area contributed by atoms with E-state index in [4.69, 9.17) is 11.6 Å². The summed E-state index contributed by atoms with van der Waals surface area (Å²) in [6.45, 7) is 2.20. The molecule has 3 aromatic rings. The summed E-state index contributed by atoms with van der Waals surface area (Å²) < 4.78 is 28.3. The second-order valence-electron chi connectivity index (χ2n) is 8.36. The molecule has 0 spiro atoms. The number of fused-ring (bicyclic) bond motifs is 1. The van der Waals surface area contributed by atoms with Crippen molar-refractivity contribution in [2.24, 2.45) is 0 Å². The third-order valence-electron chi connectivity index (χ3n) is 5.64. The number of piperidine rings is 1. The Morgan fingerprint density at radius 1 is 1.06 bits per heavy atom. The van der Waals surface area contributed by atoms with Crippen molar-refractivity contribution in [2.45, 2.75) is 24.2 Å². The predicted octanol–water partition coefficient (Wildman–Crippen LogP) is 4.33. The van der Waals surface area contributed by atoms with Crippen molar-refractivity contribution in [3.05, 3.63) is 53.1 Å². The molecule has 0 N–H and O–H groups in total. The largest absolute Gasteiger partial charge is 0.308 e. The summed E-state index contributed by atoms with van der Waals surface area (Å²) in [5, 5.41) is 1.21. The Balaban J connectivity index is 1.61. The van der Waals surface area contributed by atoms with Gasteiger partial charge in [-0.15, -0.1) is 0 Å². The average molecular weight is 507 g/mol. The Morgan fingerprint density at radius 2 is 1.76 bits per heavy atom. The van der Waals surface area contributed by atoms with Gasteiger partial charge in [0.15, 0.2) is 5.13 Å². The molecule has 33 heavy (non-hydrogen) atoms. The molecule has 0 unspecified atom stereocenters. The lowest BCUT2D eigenvalue weighted by Crippen LogP contribution is -2.37. The van der Waals surface area contributed by atoms with E-state index in [1.165, 1.54) is 27.8 Å². The lowest BCUT2D eigenvalue weighted by Gasteiger charge is -2.26. The van der Waals surface area contributed by atoms with E-state index in [1.807, 2.05) is 31.1 Å². The maximum absolute atomic E-state index is 13.5. The van der Waals surface area contributed by atoms with Crippen LogP contribution in [0.4, 0.5) is 5.13 Å². The monoisotopic (exact) mass is 506 g/mol. The highest BCUT2D eigenvalue weighted by Crippen LogP contribution is 2.31. The number of sulfonamides is 1. The van der Waals surface area contributed by atoms with Gasteiger partial charge in [-0.25, -0.2) is 13.4 Å². The van der Waals surface area contributed by atoms with Crippen LogP contribution in [0, 0.1) is 0 Å². The molecule has 1 saturated heterocycles. The average Bonchev–Trinajstić information content (AvgIpc) is 3.22. The smallest absolute Gasteiger partial charge is 0.260 e. The van der Waals surface area contributed by atoms with Gasteiger partial charge in [0.05, 0.1) is 15.1 Å². The molecular formula is C23H27ClN4O3S2. The van der Waals surface area contributed by atoms with Gasteiger partial charge in [-0.2, -0.15) is 4.31 Å². The van der Waals surface area contributed by atoms with Crippen molar-refractivity contribution in [3.8, 4) is 0 Å². The first-order valence-electron chi connectivity index (χ1n) is 10.9. The number of carbonyl (C=O) groups is 1. The van der Waals surface area contributed by atoms with Crippen molar-refractivity contribution in [1.82, 2.24) is 14.2 Å². The maximum Gasteiger partial charge on any atom is 0.260 e. The fraction of sp³-hybridized carbons (Fsp3) is 0.391. The zero-order valence-corrected chi connectivity index (χ0v) is 21.1. The molecule has 7 nitrogen and oxygen atoms in total. The number of amides is 1. The highest BCUT2D eigenvalue weighted by Gasteiger charge is 2.27. The minimum absolute atomic E-state index is 0.218. The molecule has 1 aromatic heterocycles. The highest BCUT2D eigenvalue weighted by atomic mass is 35.5. The van der Waals surface area contributed by atoms with Gasteiger partial charge < -0.3 is 4.90 Å². The fourth-order valence-corrected chi connectivity index (χ4v) is 6.55. The molecule has 10 heteroatoms. The van der Waals surface area contributed by atoms with Crippen molar-refractivity contribution >= 4 is 54.2 Å². The third-order valence-corrected chi connectivity index (χ3v) is 8.83. The molecule has 176 valence electrons. The zero-order chi connectivity index (χ0) is 23.6. The second-order valence-corrected chi connectivity index (χ2v) is 11.7. The van der Waals surface area contributed by atoms with E-state index in [0.717, 1.165) is 29.5 Å². The van der Waals surface area contributed by atoms with Crippen molar-refractivity contribution in [2.75, 3.05) is 45.2 Å². The molecule has 0 bridgehead atoms. The molecular weight excluding hydrogens is 480 g/mol. The van der Waals surface area contributed by atoms with E-state index in [2.05, 4.69) is 4.98 Å². The van der Waals surface area contributed by atoms with Crippen LogP contribution >= 0.6 is 22.9 Å². The molecule has 0 atom stereocenters. The number of rotatable bonds is 7. The van der Waals surface area contributed by atoms with E-state index >= 15 is 0 Å². The van der Waals surface area contributed by atoms with E-state index in [0.29, 0.717) is 41.9 Å². The number of hydrogen-bond acceptors (Lipinski definition) is 6. The van der Waals surface area contributed by atoms with Crippen LogP contribution in [-0.2, 0) is 10.0 Å². The SMILES string of the molecule is CN(C)CCN(C(=O)c1ccc(S(=O)(=O)N2CCCCC2)cc1)c1nc2ccc(Cl)cc2s1. The Morgan fingerprint density at radius 3 is 2.42 bits per heavy atom. The van der Waals surface area contributed by atoms with E-state index in [-0.39, 0.29) is 10.8 Å². The van der Waals surface area contributed by atoms with Gasteiger partial charge in [-0.05, 0) is 69.4 Å². The number of hydrogen-bond donors (Lipinski definition) is 0. The summed E-state index contributed by atoms with van der Waals surface area (Å²) in [6, 6.07) is 11.7. The van der Waals surface area contributed by atoms with Crippen LogP contribution in [0.1, 0.15) is 29.6 Å². The van der Waals surface area contributed by atoms with Crippen LogP contribution < -0.4 is 4.90 Å².